The molecule has 1 rings (SSSR count). The van der Waals surface area contributed by atoms with Gasteiger partial charge in [0, 0.05) is 0 Å². The van der Waals surface area contributed by atoms with Crippen LogP contribution in [0.5, 0.6) is 0 Å². The van der Waals surface area contributed by atoms with Gasteiger partial charge >= 0.3 is 12.1 Å². The lowest BCUT2D eigenvalue weighted by atomic mass is 10.0. The number of β-lactam (4-membered cyclic amide) rings is 1. The summed E-state index contributed by atoms with van der Waals surface area (Å²) >= 11 is 0. The fraction of sp³-hybridized carbons (Fsp3) is 0.636. The molecule has 3 N–H and O–H groups in total. The maximum absolute atomic E-state index is 11.5. The number of hydrogen-bond donors (Lipinski definition) is 3. The number of carboxylic acid groups (broad SMARTS) is 1. The van der Waals surface area contributed by atoms with Crippen molar-refractivity contribution in [2.75, 3.05) is 6.61 Å². The minimum atomic E-state index is -1.24. The first-order valence-electron chi connectivity index (χ1n) is 5.87. The Kier molecular flexibility index (Phi) is 4.89. The van der Waals surface area contributed by atoms with E-state index in [1.807, 2.05) is 0 Å². The Labute approximate surface area is 115 Å². The molecule has 1 aliphatic rings. The molecule has 1 saturated heterocycles. The molecular formula is C11H17N3O6. The number of oxime groups is 1. The largest absolute Gasteiger partial charge is 0.477 e. The highest BCUT2D eigenvalue weighted by molar-refractivity contribution is 6.21. The molecule has 0 bridgehead atoms. The monoisotopic (exact) mass is 287 g/mol. The van der Waals surface area contributed by atoms with Gasteiger partial charge in [0.15, 0.2) is 6.21 Å². The molecule has 1 fully saturated rings. The van der Waals surface area contributed by atoms with Gasteiger partial charge in [0.1, 0.15) is 18.2 Å². The molecule has 0 radical (unpaired) electrons. The van der Waals surface area contributed by atoms with Crippen molar-refractivity contribution in [3.05, 3.63) is 0 Å². The van der Waals surface area contributed by atoms with Crippen molar-refractivity contribution in [3.8, 4) is 0 Å². The highest BCUT2D eigenvalue weighted by Gasteiger charge is 2.41. The molecular weight excluding hydrogens is 270 g/mol. The van der Waals surface area contributed by atoms with Gasteiger partial charge in [-0.15, -0.1) is 0 Å². The van der Waals surface area contributed by atoms with Crippen LogP contribution in [0.1, 0.15) is 20.8 Å². The third kappa shape index (κ3) is 5.12. The highest BCUT2D eigenvalue weighted by Crippen LogP contribution is 2.10. The predicted molar refractivity (Wildman–Crippen MR) is 67.2 cm³/mol. The van der Waals surface area contributed by atoms with Crippen LogP contribution in [0.15, 0.2) is 5.16 Å². The Morgan fingerprint density at radius 2 is 2.15 bits per heavy atom. The van der Waals surface area contributed by atoms with Gasteiger partial charge in [-0.3, -0.25) is 4.79 Å². The first kappa shape index (κ1) is 15.7. The second-order valence-corrected chi connectivity index (χ2v) is 5.11. The number of alkyl carbamates (subject to hydrolysis) is 1. The zero-order valence-electron chi connectivity index (χ0n) is 11.4. The molecule has 0 aromatic carbocycles. The molecule has 0 unspecified atom stereocenters. The second kappa shape index (κ2) is 6.22. The number of nitrogens with zero attached hydrogens (tertiary/aromatic N) is 1. The summed E-state index contributed by atoms with van der Waals surface area (Å²) in [4.78, 5) is 37.7. The van der Waals surface area contributed by atoms with Crippen LogP contribution in [0.3, 0.4) is 0 Å². The minimum absolute atomic E-state index is 0.0595. The second-order valence-electron chi connectivity index (χ2n) is 5.11. The summed E-state index contributed by atoms with van der Waals surface area (Å²) in [5.41, 5.74) is -0.665. The average Bonchev–Trinajstić information content (AvgIpc) is 2.27. The molecule has 2 amide bonds. The number of carbonyl (C=O) groups excluding carboxylic acids is 2. The Hall–Kier alpha value is -2.32. The van der Waals surface area contributed by atoms with E-state index >= 15 is 0 Å². The fourth-order valence-electron chi connectivity index (χ4n) is 1.39. The van der Waals surface area contributed by atoms with Crippen molar-refractivity contribution in [1.29, 1.82) is 0 Å². The first-order valence-corrected chi connectivity index (χ1v) is 5.87. The highest BCUT2D eigenvalue weighted by atomic mass is 16.6. The van der Waals surface area contributed by atoms with Gasteiger partial charge in [-0.25, -0.2) is 9.59 Å². The van der Waals surface area contributed by atoms with E-state index in [1.54, 1.807) is 20.8 Å². The standard InChI is InChI=1S/C11H17N3O6/c1-11(2,3)20-10(18)14-8-6(13-9(8)17)5-19-12-4-7(15)16/h4,6,8H,5H2,1-3H3,(H,13,17)(H,14,18)(H,15,16)/b12-4-/t6-,8+/m1/s1. The van der Waals surface area contributed by atoms with Crippen LogP contribution >= 0.6 is 0 Å². The Balaban J connectivity index is 2.38. The van der Waals surface area contributed by atoms with Crippen molar-refractivity contribution in [2.24, 2.45) is 5.16 Å². The van der Waals surface area contributed by atoms with E-state index in [9.17, 15) is 14.4 Å². The van der Waals surface area contributed by atoms with Crippen LogP contribution in [0.2, 0.25) is 0 Å². The molecule has 112 valence electrons. The van der Waals surface area contributed by atoms with Crippen LogP contribution in [0.25, 0.3) is 0 Å². The number of nitrogens with one attached hydrogen (secondary N) is 2. The number of aliphatic carboxylic acids is 1. The fourth-order valence-corrected chi connectivity index (χ4v) is 1.39. The Bertz CT molecular complexity index is 428. The van der Waals surface area contributed by atoms with Crippen LogP contribution in [0, 0.1) is 0 Å². The van der Waals surface area contributed by atoms with Crippen molar-refractivity contribution in [1.82, 2.24) is 10.6 Å². The van der Waals surface area contributed by atoms with Gasteiger partial charge in [0.25, 0.3) is 0 Å². The van der Waals surface area contributed by atoms with Crippen molar-refractivity contribution in [3.63, 3.8) is 0 Å². The minimum Gasteiger partial charge on any atom is -0.477 e. The van der Waals surface area contributed by atoms with Crippen molar-refractivity contribution in [2.45, 2.75) is 38.5 Å². The normalized spacial score (nSPS) is 21.9. The van der Waals surface area contributed by atoms with Gasteiger partial charge in [-0.2, -0.15) is 0 Å². The van der Waals surface area contributed by atoms with E-state index < -0.39 is 29.7 Å². The Morgan fingerprint density at radius 1 is 1.50 bits per heavy atom. The van der Waals surface area contributed by atoms with Gasteiger partial charge in [0.05, 0.1) is 6.04 Å². The van der Waals surface area contributed by atoms with Crippen LogP contribution in [-0.2, 0) is 19.2 Å². The third-order valence-electron chi connectivity index (χ3n) is 2.18. The number of ether oxygens (including phenoxy) is 1. The van der Waals surface area contributed by atoms with Gasteiger partial charge in [-0.1, -0.05) is 5.16 Å². The molecule has 9 heteroatoms. The lowest BCUT2D eigenvalue weighted by Crippen LogP contribution is -2.70. The zero-order valence-corrected chi connectivity index (χ0v) is 11.4. The summed E-state index contributed by atoms with van der Waals surface area (Å²) in [6.45, 7) is 5.05. The summed E-state index contributed by atoms with van der Waals surface area (Å²) in [6.07, 6.45) is -0.132. The summed E-state index contributed by atoms with van der Waals surface area (Å²) in [5, 5.41) is 16.4. The predicted octanol–water partition coefficient (Wildman–Crippen LogP) is -0.535. The first-order chi connectivity index (χ1) is 9.19. The van der Waals surface area contributed by atoms with Crippen molar-refractivity contribution >= 4 is 24.2 Å². The maximum atomic E-state index is 11.5. The summed E-state index contributed by atoms with van der Waals surface area (Å²) in [6, 6.07) is -1.27. The molecule has 20 heavy (non-hydrogen) atoms. The Morgan fingerprint density at radius 3 is 2.65 bits per heavy atom. The van der Waals surface area contributed by atoms with Gasteiger partial charge in [-0.05, 0) is 20.8 Å². The summed E-state index contributed by atoms with van der Waals surface area (Å²) in [5.74, 6) is -1.61. The number of amides is 2. The molecule has 0 saturated carbocycles. The third-order valence-corrected chi connectivity index (χ3v) is 2.18. The number of carboxylic acids is 1. The summed E-state index contributed by atoms with van der Waals surface area (Å²) < 4.78 is 5.02. The maximum Gasteiger partial charge on any atom is 0.408 e. The van der Waals surface area contributed by atoms with Gasteiger partial charge in [0.2, 0.25) is 5.91 Å². The van der Waals surface area contributed by atoms with E-state index in [0.29, 0.717) is 6.21 Å². The van der Waals surface area contributed by atoms with E-state index in [2.05, 4.69) is 15.8 Å². The molecule has 0 aromatic heterocycles. The molecule has 0 spiro atoms. The molecule has 0 aromatic rings. The smallest absolute Gasteiger partial charge is 0.408 e. The lowest BCUT2D eigenvalue weighted by Gasteiger charge is -2.36. The molecule has 2 atom stereocenters. The number of hydrogen-bond acceptors (Lipinski definition) is 6. The van der Waals surface area contributed by atoms with Crippen LogP contribution in [-0.4, -0.2) is 53.6 Å². The van der Waals surface area contributed by atoms with E-state index in [1.165, 1.54) is 0 Å². The average molecular weight is 287 g/mol. The molecule has 0 aliphatic carbocycles. The summed E-state index contributed by atoms with van der Waals surface area (Å²) in [7, 11) is 0. The quantitative estimate of drug-likeness (QED) is 0.354. The molecule has 1 heterocycles. The van der Waals surface area contributed by atoms with E-state index in [4.69, 9.17) is 14.7 Å². The SMILES string of the molecule is CC(C)(C)OC(=O)N[C@@H]1C(=O)N[C@@H]1CO/N=C\C(=O)O. The van der Waals surface area contributed by atoms with Crippen molar-refractivity contribution < 1.29 is 29.1 Å². The lowest BCUT2D eigenvalue weighted by molar-refractivity contribution is -0.134. The van der Waals surface area contributed by atoms with Gasteiger partial charge < -0.3 is 25.3 Å². The van der Waals surface area contributed by atoms with Crippen LogP contribution < -0.4 is 10.6 Å². The van der Waals surface area contributed by atoms with E-state index in [-0.39, 0.29) is 12.5 Å². The number of rotatable bonds is 5. The van der Waals surface area contributed by atoms with E-state index in [0.717, 1.165) is 0 Å². The zero-order chi connectivity index (χ0) is 15.3. The molecule has 1 aliphatic heterocycles. The van der Waals surface area contributed by atoms with Crippen LogP contribution in [0.4, 0.5) is 4.79 Å². The molecule has 9 nitrogen and oxygen atoms in total. The topological polar surface area (TPSA) is 126 Å². The number of carbonyl (C=O) groups is 3.